The highest BCUT2D eigenvalue weighted by Gasteiger charge is 2.14. The largest absolute Gasteiger partial charge is 0.421 e. The van der Waals surface area contributed by atoms with Crippen LogP contribution in [0.3, 0.4) is 0 Å². The number of nitrogens with zero attached hydrogens (tertiary/aromatic N) is 1. The van der Waals surface area contributed by atoms with Gasteiger partial charge in [0, 0.05) is 10.5 Å². The van der Waals surface area contributed by atoms with Crippen molar-refractivity contribution in [3.63, 3.8) is 0 Å². The van der Waals surface area contributed by atoms with Gasteiger partial charge in [0.25, 0.3) is 0 Å². The lowest BCUT2D eigenvalue weighted by atomic mass is 10.1. The van der Waals surface area contributed by atoms with Crippen LogP contribution in [0, 0.1) is 6.92 Å². The zero-order chi connectivity index (χ0) is 15.5. The van der Waals surface area contributed by atoms with Crippen molar-refractivity contribution in [2.24, 2.45) is 0 Å². The van der Waals surface area contributed by atoms with Crippen molar-refractivity contribution in [1.82, 2.24) is 5.16 Å². The average molecular weight is 358 g/mol. The van der Waals surface area contributed by atoms with E-state index in [1.165, 1.54) is 0 Å². The van der Waals surface area contributed by atoms with E-state index in [2.05, 4.69) is 21.1 Å². The summed E-state index contributed by atoms with van der Waals surface area (Å²) in [5.74, 6) is -0.00797. The Morgan fingerprint density at radius 1 is 1.05 bits per heavy atom. The Balaban J connectivity index is 1.74. The number of benzene rings is 2. The lowest BCUT2D eigenvalue weighted by Gasteiger charge is -2.05. The first kappa shape index (κ1) is 14.5. The number of carbonyl (C=O) groups is 1. The van der Waals surface area contributed by atoms with Gasteiger partial charge in [-0.1, -0.05) is 45.4 Å². The van der Waals surface area contributed by atoms with Crippen molar-refractivity contribution in [1.29, 1.82) is 0 Å². The van der Waals surface area contributed by atoms with Crippen LogP contribution in [-0.4, -0.2) is 11.1 Å². The smallest absolute Gasteiger partial charge is 0.382 e. The minimum Gasteiger partial charge on any atom is -0.421 e. The van der Waals surface area contributed by atoms with Crippen LogP contribution < -0.4 is 4.74 Å². The maximum atomic E-state index is 11.9. The molecule has 1 aromatic heterocycles. The molecule has 0 N–H and O–H groups in total. The number of esters is 1. The molecule has 3 rings (SSSR count). The Hall–Kier alpha value is -2.40. The topological polar surface area (TPSA) is 52.3 Å². The van der Waals surface area contributed by atoms with Crippen molar-refractivity contribution >= 4 is 21.9 Å². The average Bonchev–Trinajstić information content (AvgIpc) is 2.96. The number of hydrogen-bond donors (Lipinski definition) is 0. The van der Waals surface area contributed by atoms with Gasteiger partial charge in [0.05, 0.1) is 5.69 Å². The minimum absolute atomic E-state index is 0.0921. The van der Waals surface area contributed by atoms with E-state index >= 15 is 0 Å². The normalized spacial score (nSPS) is 10.5. The second kappa shape index (κ2) is 6.15. The van der Waals surface area contributed by atoms with Crippen LogP contribution in [0.2, 0.25) is 0 Å². The Morgan fingerprint density at radius 2 is 1.64 bits per heavy atom. The van der Waals surface area contributed by atoms with E-state index in [1.54, 1.807) is 25.1 Å². The number of aromatic nitrogens is 1. The highest BCUT2D eigenvalue weighted by molar-refractivity contribution is 9.10. The van der Waals surface area contributed by atoms with Crippen molar-refractivity contribution in [2.75, 3.05) is 0 Å². The fraction of sp³-hybridized carbons (Fsp3) is 0.0588. The summed E-state index contributed by atoms with van der Waals surface area (Å²) in [7, 11) is 0. The molecule has 0 saturated heterocycles. The molecule has 1 heterocycles. The molecule has 110 valence electrons. The van der Waals surface area contributed by atoms with Gasteiger partial charge in [-0.05, 0) is 42.3 Å². The van der Waals surface area contributed by atoms with E-state index in [9.17, 15) is 4.79 Å². The SMILES string of the molecule is Cc1cc(C(=O)Oc2ccc(-c3ccc(Br)cc3)cc2)on1. The van der Waals surface area contributed by atoms with Gasteiger partial charge in [-0.25, -0.2) is 4.79 Å². The van der Waals surface area contributed by atoms with Gasteiger partial charge in [0.15, 0.2) is 0 Å². The Labute approximate surface area is 135 Å². The van der Waals surface area contributed by atoms with Crippen molar-refractivity contribution in [3.05, 3.63) is 70.5 Å². The summed E-state index contributed by atoms with van der Waals surface area (Å²) in [6.07, 6.45) is 0. The highest BCUT2D eigenvalue weighted by Crippen LogP contribution is 2.24. The second-order valence-corrected chi connectivity index (χ2v) is 5.67. The fourth-order valence-electron chi connectivity index (χ4n) is 1.97. The highest BCUT2D eigenvalue weighted by atomic mass is 79.9. The van der Waals surface area contributed by atoms with E-state index in [1.807, 2.05) is 36.4 Å². The van der Waals surface area contributed by atoms with E-state index in [0.29, 0.717) is 11.4 Å². The molecule has 0 saturated carbocycles. The third-order valence-electron chi connectivity index (χ3n) is 3.07. The molecule has 0 bridgehead atoms. The van der Waals surface area contributed by atoms with Crippen molar-refractivity contribution in [3.8, 4) is 16.9 Å². The van der Waals surface area contributed by atoms with Crippen LogP contribution in [0.5, 0.6) is 5.75 Å². The fourth-order valence-corrected chi connectivity index (χ4v) is 2.24. The summed E-state index contributed by atoms with van der Waals surface area (Å²) in [6.45, 7) is 1.74. The van der Waals surface area contributed by atoms with Crippen molar-refractivity contribution in [2.45, 2.75) is 6.92 Å². The third kappa shape index (κ3) is 3.26. The molecule has 0 fully saturated rings. The lowest BCUT2D eigenvalue weighted by Crippen LogP contribution is -2.07. The van der Waals surface area contributed by atoms with Gasteiger partial charge in [-0.15, -0.1) is 0 Å². The number of ether oxygens (including phenoxy) is 1. The zero-order valence-corrected chi connectivity index (χ0v) is 13.3. The zero-order valence-electron chi connectivity index (χ0n) is 11.7. The molecule has 0 radical (unpaired) electrons. The first-order valence-corrected chi connectivity index (χ1v) is 7.42. The number of hydrogen-bond acceptors (Lipinski definition) is 4. The summed E-state index contributed by atoms with van der Waals surface area (Å²) in [6, 6.07) is 16.8. The summed E-state index contributed by atoms with van der Waals surface area (Å²) in [5, 5.41) is 3.66. The molecular formula is C17H12BrNO3. The van der Waals surface area contributed by atoms with E-state index in [4.69, 9.17) is 9.26 Å². The number of carbonyl (C=O) groups excluding carboxylic acids is 1. The monoisotopic (exact) mass is 357 g/mol. The molecule has 0 amide bonds. The quantitative estimate of drug-likeness (QED) is 0.506. The van der Waals surface area contributed by atoms with Crippen LogP contribution in [-0.2, 0) is 0 Å². The van der Waals surface area contributed by atoms with Crippen LogP contribution >= 0.6 is 15.9 Å². The Bertz CT molecular complexity index is 792. The predicted molar refractivity (Wildman–Crippen MR) is 85.8 cm³/mol. The molecular weight excluding hydrogens is 346 g/mol. The van der Waals surface area contributed by atoms with Gasteiger partial charge in [-0.3, -0.25) is 0 Å². The first-order valence-electron chi connectivity index (χ1n) is 6.63. The van der Waals surface area contributed by atoms with Crippen LogP contribution in [0.25, 0.3) is 11.1 Å². The Kier molecular flexibility index (Phi) is 4.06. The Morgan fingerprint density at radius 3 is 2.18 bits per heavy atom. The molecule has 5 heteroatoms. The van der Waals surface area contributed by atoms with Crippen LogP contribution in [0.15, 0.2) is 63.6 Å². The second-order valence-electron chi connectivity index (χ2n) is 4.75. The number of halogens is 1. The van der Waals surface area contributed by atoms with Gasteiger partial charge < -0.3 is 9.26 Å². The van der Waals surface area contributed by atoms with E-state index in [0.717, 1.165) is 15.6 Å². The van der Waals surface area contributed by atoms with Gasteiger partial charge in [0.2, 0.25) is 5.76 Å². The predicted octanol–water partition coefficient (Wildman–Crippen LogP) is 4.63. The number of rotatable bonds is 3. The minimum atomic E-state index is -0.558. The van der Waals surface area contributed by atoms with Gasteiger partial charge >= 0.3 is 5.97 Å². The molecule has 2 aromatic carbocycles. The summed E-state index contributed by atoms with van der Waals surface area (Å²) in [5.41, 5.74) is 2.77. The van der Waals surface area contributed by atoms with E-state index < -0.39 is 5.97 Å². The molecule has 0 aliphatic rings. The maximum absolute atomic E-state index is 11.9. The molecule has 0 spiro atoms. The maximum Gasteiger partial charge on any atom is 0.382 e. The lowest BCUT2D eigenvalue weighted by molar-refractivity contribution is 0.0691. The van der Waals surface area contributed by atoms with E-state index in [-0.39, 0.29) is 5.76 Å². The molecule has 0 atom stereocenters. The molecule has 3 aromatic rings. The first-order chi connectivity index (χ1) is 10.6. The number of aryl methyl sites for hydroxylation is 1. The van der Waals surface area contributed by atoms with Crippen LogP contribution in [0.1, 0.15) is 16.2 Å². The molecule has 4 nitrogen and oxygen atoms in total. The van der Waals surface area contributed by atoms with Crippen molar-refractivity contribution < 1.29 is 14.1 Å². The molecule has 22 heavy (non-hydrogen) atoms. The molecule has 0 unspecified atom stereocenters. The summed E-state index contributed by atoms with van der Waals surface area (Å²) < 4.78 is 11.1. The molecule has 0 aliphatic carbocycles. The summed E-state index contributed by atoms with van der Waals surface area (Å²) in [4.78, 5) is 11.9. The van der Waals surface area contributed by atoms with Gasteiger partial charge in [0.1, 0.15) is 5.75 Å². The van der Waals surface area contributed by atoms with Crippen LogP contribution in [0.4, 0.5) is 0 Å². The standard InChI is InChI=1S/C17H12BrNO3/c1-11-10-16(22-19-11)17(20)21-15-8-4-13(5-9-15)12-2-6-14(18)7-3-12/h2-10H,1H3. The van der Waals surface area contributed by atoms with Gasteiger partial charge in [-0.2, -0.15) is 0 Å². The summed E-state index contributed by atoms with van der Waals surface area (Å²) >= 11 is 3.41. The molecule has 0 aliphatic heterocycles. The third-order valence-corrected chi connectivity index (χ3v) is 3.60.